The zero-order valence-electron chi connectivity index (χ0n) is 17.0. The quantitative estimate of drug-likeness (QED) is 0.547. The summed E-state index contributed by atoms with van der Waals surface area (Å²) in [4.78, 5) is 29.5. The molecule has 0 aliphatic carbocycles. The van der Waals surface area contributed by atoms with Crippen LogP contribution in [-0.2, 0) is 9.53 Å². The number of nitriles is 1. The van der Waals surface area contributed by atoms with E-state index in [1.165, 1.54) is 0 Å². The van der Waals surface area contributed by atoms with Gasteiger partial charge in [-0.25, -0.2) is 14.6 Å². The van der Waals surface area contributed by atoms with Crippen molar-refractivity contribution < 1.29 is 37.3 Å². The van der Waals surface area contributed by atoms with Gasteiger partial charge >= 0.3 is 18.1 Å². The third-order valence-corrected chi connectivity index (χ3v) is 3.52. The number of halogens is 3. The van der Waals surface area contributed by atoms with E-state index in [2.05, 4.69) is 9.97 Å². The molecule has 1 aromatic heterocycles. The summed E-state index contributed by atoms with van der Waals surface area (Å²) in [6, 6.07) is 8.76. The summed E-state index contributed by atoms with van der Waals surface area (Å²) in [7, 11) is 0. The molecule has 0 amide bonds. The molecule has 0 aliphatic heterocycles. The molecule has 10 nitrogen and oxygen atoms in total. The summed E-state index contributed by atoms with van der Waals surface area (Å²) in [5.74, 6) is -3.25. The van der Waals surface area contributed by atoms with Crippen LogP contribution < -0.4 is 16.2 Å². The van der Waals surface area contributed by atoms with Gasteiger partial charge in [0.1, 0.15) is 11.9 Å². The predicted molar refractivity (Wildman–Crippen MR) is 105 cm³/mol. The molecule has 0 bridgehead atoms. The molecule has 2 rings (SSSR count). The molecule has 1 heterocycles. The largest absolute Gasteiger partial charge is 0.490 e. The normalized spacial score (nSPS) is 11.4. The number of rotatable bonds is 6. The van der Waals surface area contributed by atoms with Gasteiger partial charge in [0, 0.05) is 12.1 Å². The van der Waals surface area contributed by atoms with Gasteiger partial charge in [-0.2, -0.15) is 23.4 Å². The highest BCUT2D eigenvalue weighted by molar-refractivity contribution is 5.97. The van der Waals surface area contributed by atoms with Gasteiger partial charge in [0.2, 0.25) is 5.88 Å². The lowest BCUT2D eigenvalue weighted by molar-refractivity contribution is -0.192. The molecule has 1 atom stereocenters. The number of carbonyl (C=O) groups excluding carboxylic acids is 1. The molecule has 1 aromatic carbocycles. The first kappa shape index (κ1) is 26.1. The number of benzene rings is 1. The summed E-state index contributed by atoms with van der Waals surface area (Å²) in [6.45, 7) is 3.82. The Morgan fingerprint density at radius 1 is 1.31 bits per heavy atom. The summed E-state index contributed by atoms with van der Waals surface area (Å²) in [6.07, 6.45) is -5.47. The van der Waals surface area contributed by atoms with E-state index < -0.39 is 18.1 Å². The summed E-state index contributed by atoms with van der Waals surface area (Å²) in [5.41, 5.74) is 12.5. The van der Waals surface area contributed by atoms with E-state index in [-0.39, 0.29) is 42.3 Å². The standard InChI is InChI=1S/C17H19N5O3.C2HF3O2/c1-3-24-17(23)13-14(20)21-15(22-16(13)25-10(2)8-18)12-6-4-5-11(7-12)9-19;3-2(4,5)1(6)7/h4-7,10H,3,8,18H2,1-2H3,(H2,20,21,22);(H,6,7). The topological polar surface area (TPSA) is 174 Å². The number of carboxylic acids is 1. The zero-order valence-corrected chi connectivity index (χ0v) is 17.0. The first-order chi connectivity index (χ1) is 14.9. The van der Waals surface area contributed by atoms with Crippen molar-refractivity contribution in [1.29, 1.82) is 5.26 Å². The van der Waals surface area contributed by atoms with Crippen LogP contribution in [0.15, 0.2) is 24.3 Å². The molecular weight excluding hydrogens is 435 g/mol. The number of hydrogen-bond acceptors (Lipinski definition) is 9. The first-order valence-corrected chi connectivity index (χ1v) is 8.96. The van der Waals surface area contributed by atoms with Crippen LogP contribution in [0.4, 0.5) is 19.0 Å². The fourth-order valence-electron chi connectivity index (χ4n) is 2.03. The summed E-state index contributed by atoms with van der Waals surface area (Å²) < 4.78 is 42.4. The molecule has 0 aliphatic rings. The Labute approximate surface area is 180 Å². The SMILES string of the molecule is CCOC(=O)c1c(N)nc(-c2cccc(C#N)c2)nc1OC(C)CN.O=C(O)C(F)(F)F. The van der Waals surface area contributed by atoms with Crippen molar-refractivity contribution in [2.45, 2.75) is 26.1 Å². The van der Waals surface area contributed by atoms with Crippen LogP contribution in [0.5, 0.6) is 5.88 Å². The Balaban J connectivity index is 0.000000633. The van der Waals surface area contributed by atoms with Crippen molar-refractivity contribution in [3.63, 3.8) is 0 Å². The molecule has 172 valence electrons. The maximum atomic E-state index is 12.2. The Morgan fingerprint density at radius 3 is 2.44 bits per heavy atom. The molecule has 0 radical (unpaired) electrons. The minimum Gasteiger partial charge on any atom is -0.475 e. The number of alkyl halides is 3. The van der Waals surface area contributed by atoms with Crippen LogP contribution in [0.2, 0.25) is 0 Å². The van der Waals surface area contributed by atoms with Gasteiger partial charge in [-0.3, -0.25) is 0 Å². The van der Waals surface area contributed by atoms with Gasteiger partial charge < -0.3 is 26.0 Å². The molecule has 0 fully saturated rings. The van der Waals surface area contributed by atoms with Crippen LogP contribution in [0.25, 0.3) is 11.4 Å². The molecule has 1 unspecified atom stereocenters. The van der Waals surface area contributed by atoms with E-state index >= 15 is 0 Å². The molecule has 0 saturated heterocycles. The number of aliphatic carboxylic acids is 1. The molecule has 2 aromatic rings. The van der Waals surface area contributed by atoms with E-state index in [9.17, 15) is 18.0 Å². The second-order valence-corrected chi connectivity index (χ2v) is 5.99. The number of carbonyl (C=O) groups is 2. The van der Waals surface area contributed by atoms with Crippen LogP contribution in [0.1, 0.15) is 29.8 Å². The Morgan fingerprint density at radius 2 is 1.94 bits per heavy atom. The van der Waals surface area contributed by atoms with Gasteiger partial charge in [0.25, 0.3) is 0 Å². The van der Waals surface area contributed by atoms with Gasteiger partial charge in [-0.05, 0) is 26.0 Å². The van der Waals surface area contributed by atoms with Crippen molar-refractivity contribution in [2.75, 3.05) is 18.9 Å². The summed E-state index contributed by atoms with van der Waals surface area (Å²) in [5, 5.41) is 16.2. The number of carboxylic acid groups (broad SMARTS) is 1. The lowest BCUT2D eigenvalue weighted by Gasteiger charge is -2.16. The van der Waals surface area contributed by atoms with Crippen LogP contribution in [0.3, 0.4) is 0 Å². The van der Waals surface area contributed by atoms with Crippen LogP contribution in [0, 0.1) is 11.3 Å². The van der Waals surface area contributed by atoms with Crippen molar-refractivity contribution in [2.24, 2.45) is 5.73 Å². The minimum atomic E-state index is -5.08. The number of nitrogens with two attached hydrogens (primary N) is 2. The fraction of sp³-hybridized carbons (Fsp3) is 0.316. The minimum absolute atomic E-state index is 0.00117. The molecule has 0 saturated carbocycles. The van der Waals surface area contributed by atoms with Crippen molar-refractivity contribution in [3.05, 3.63) is 35.4 Å². The van der Waals surface area contributed by atoms with Gasteiger partial charge in [0.05, 0.1) is 18.2 Å². The monoisotopic (exact) mass is 455 g/mol. The number of esters is 1. The Hall–Kier alpha value is -3.92. The van der Waals surface area contributed by atoms with Gasteiger partial charge in [-0.15, -0.1) is 0 Å². The molecular formula is C19H20F3N5O5. The third kappa shape index (κ3) is 7.40. The highest BCUT2D eigenvalue weighted by Gasteiger charge is 2.38. The van der Waals surface area contributed by atoms with Gasteiger partial charge in [0.15, 0.2) is 11.4 Å². The maximum Gasteiger partial charge on any atom is 0.490 e. The predicted octanol–water partition coefficient (Wildman–Crippen LogP) is 2.13. The van der Waals surface area contributed by atoms with E-state index in [0.29, 0.717) is 11.1 Å². The number of aromatic nitrogens is 2. The molecule has 32 heavy (non-hydrogen) atoms. The average molecular weight is 455 g/mol. The highest BCUT2D eigenvalue weighted by Crippen LogP contribution is 2.27. The second kappa shape index (κ2) is 11.5. The average Bonchev–Trinajstić information content (AvgIpc) is 2.73. The van der Waals surface area contributed by atoms with Crippen molar-refractivity contribution in [1.82, 2.24) is 9.97 Å². The van der Waals surface area contributed by atoms with Crippen molar-refractivity contribution in [3.8, 4) is 23.3 Å². The molecule has 5 N–H and O–H groups in total. The lowest BCUT2D eigenvalue weighted by atomic mass is 10.1. The van der Waals surface area contributed by atoms with E-state index in [0.717, 1.165) is 0 Å². The van der Waals surface area contributed by atoms with E-state index in [4.69, 9.17) is 36.1 Å². The first-order valence-electron chi connectivity index (χ1n) is 8.96. The Kier molecular flexibility index (Phi) is 9.36. The second-order valence-electron chi connectivity index (χ2n) is 5.99. The van der Waals surface area contributed by atoms with E-state index in [1.54, 1.807) is 38.1 Å². The van der Waals surface area contributed by atoms with Crippen LogP contribution >= 0.6 is 0 Å². The Bertz CT molecular complexity index is 1010. The number of ether oxygens (including phenoxy) is 2. The van der Waals surface area contributed by atoms with Gasteiger partial charge in [-0.1, -0.05) is 12.1 Å². The fourth-order valence-corrected chi connectivity index (χ4v) is 2.03. The number of anilines is 1. The molecule has 0 spiro atoms. The zero-order chi connectivity index (χ0) is 24.5. The smallest absolute Gasteiger partial charge is 0.475 e. The number of nitrogens with zero attached hydrogens (tertiary/aromatic N) is 3. The summed E-state index contributed by atoms with van der Waals surface area (Å²) >= 11 is 0. The van der Waals surface area contributed by atoms with Crippen molar-refractivity contribution >= 4 is 17.8 Å². The highest BCUT2D eigenvalue weighted by atomic mass is 19.4. The maximum absolute atomic E-state index is 12.2. The van der Waals surface area contributed by atoms with Crippen LogP contribution in [-0.4, -0.2) is 52.4 Å². The number of hydrogen-bond donors (Lipinski definition) is 3. The van der Waals surface area contributed by atoms with E-state index in [1.807, 2.05) is 6.07 Å². The number of nitrogen functional groups attached to an aromatic ring is 1. The molecule has 13 heteroatoms. The third-order valence-electron chi connectivity index (χ3n) is 3.52. The lowest BCUT2D eigenvalue weighted by Crippen LogP contribution is -2.25.